The Kier molecular flexibility index (Phi) is 11.1. The van der Waals surface area contributed by atoms with E-state index in [2.05, 4.69) is 22.8 Å². The summed E-state index contributed by atoms with van der Waals surface area (Å²) < 4.78 is 12.1. The van der Waals surface area contributed by atoms with Gasteiger partial charge in [0.05, 0.1) is 33.4 Å². The second kappa shape index (κ2) is 16.2. The summed E-state index contributed by atoms with van der Waals surface area (Å²) in [5.74, 6) is 0.0371. The molecule has 4 aromatic carbocycles. The molecular formula is C52H56Cl2N2O6. The molecule has 2 saturated heterocycles. The number of amides is 2. The van der Waals surface area contributed by atoms with E-state index in [1.54, 1.807) is 0 Å². The Bertz CT molecular complexity index is 2320. The van der Waals surface area contributed by atoms with Crippen LogP contribution in [-0.4, -0.2) is 57.5 Å². The summed E-state index contributed by atoms with van der Waals surface area (Å²) in [4.78, 5) is 26.4. The van der Waals surface area contributed by atoms with E-state index in [4.69, 9.17) is 32.7 Å². The second-order valence-electron chi connectivity index (χ2n) is 18.7. The van der Waals surface area contributed by atoms with Crippen molar-refractivity contribution in [3.05, 3.63) is 128 Å². The highest BCUT2D eigenvalue weighted by atomic mass is 35.5. The van der Waals surface area contributed by atoms with Gasteiger partial charge >= 0.3 is 0 Å². The number of aliphatic hydroxyl groups is 2. The van der Waals surface area contributed by atoms with E-state index in [1.807, 2.05) is 88.4 Å². The first-order chi connectivity index (χ1) is 29.7. The van der Waals surface area contributed by atoms with Crippen LogP contribution in [0, 0.1) is 27.7 Å². The molecule has 324 valence electrons. The fraction of sp³-hybridized carbons (Fsp3) is 0.423. The lowest BCUT2D eigenvalue weighted by molar-refractivity contribution is -0.118. The molecule has 0 atom stereocenters. The SMILES string of the molecule is Cc1ccc(-c2ccc(Cl)cc2)c(C)c1C1=C(O)C2(CCC3(CCCO3)CC2)NC1=O.Cc1ccc(-c2ccc(Cl)cc2)c(C)c1C1=C(O)C2(CCC3(CCCO3)CC2)NC1=O. The van der Waals surface area contributed by atoms with Gasteiger partial charge in [-0.15, -0.1) is 0 Å². The van der Waals surface area contributed by atoms with Crippen LogP contribution in [-0.2, 0) is 19.1 Å². The van der Waals surface area contributed by atoms with Crippen LogP contribution in [0.25, 0.3) is 33.4 Å². The molecule has 10 heteroatoms. The van der Waals surface area contributed by atoms with Gasteiger partial charge in [-0.05, 0) is 185 Å². The summed E-state index contributed by atoms with van der Waals surface area (Å²) in [6.07, 6.45) is 10.7. The number of nitrogens with one attached hydrogen (secondary N) is 2. The molecule has 0 aromatic heterocycles. The summed E-state index contributed by atoms with van der Waals surface area (Å²) in [6, 6.07) is 23.6. The molecule has 4 heterocycles. The van der Waals surface area contributed by atoms with Gasteiger partial charge < -0.3 is 30.3 Å². The number of hydrogen-bond acceptors (Lipinski definition) is 6. The molecule has 10 rings (SSSR count). The molecule has 4 fully saturated rings. The minimum atomic E-state index is -0.668. The number of benzene rings is 4. The van der Waals surface area contributed by atoms with Gasteiger partial charge in [0.25, 0.3) is 11.8 Å². The number of ether oxygens (including phenoxy) is 2. The molecule has 4 N–H and O–H groups in total. The Labute approximate surface area is 374 Å². The third-order valence-electron chi connectivity index (χ3n) is 15.1. The van der Waals surface area contributed by atoms with Gasteiger partial charge in [-0.25, -0.2) is 0 Å². The number of carbonyl (C=O) groups is 2. The van der Waals surface area contributed by atoms with Crippen LogP contribution in [0.3, 0.4) is 0 Å². The third-order valence-corrected chi connectivity index (χ3v) is 15.6. The second-order valence-corrected chi connectivity index (χ2v) is 19.5. The van der Waals surface area contributed by atoms with E-state index < -0.39 is 11.1 Å². The van der Waals surface area contributed by atoms with Crippen molar-refractivity contribution in [1.29, 1.82) is 0 Å². The Balaban J connectivity index is 0.000000158. The first-order valence-corrected chi connectivity index (χ1v) is 23.0. The Morgan fingerprint density at radius 3 is 1.18 bits per heavy atom. The summed E-state index contributed by atoms with van der Waals surface area (Å²) in [7, 11) is 0. The lowest BCUT2D eigenvalue weighted by atomic mass is 9.72. The molecule has 2 amide bonds. The first kappa shape index (κ1) is 42.7. The number of aryl methyl sites for hydroxylation is 2. The largest absolute Gasteiger partial charge is 0.509 e. The van der Waals surface area contributed by atoms with Crippen molar-refractivity contribution in [2.24, 2.45) is 0 Å². The predicted molar refractivity (Wildman–Crippen MR) is 246 cm³/mol. The van der Waals surface area contributed by atoms with Gasteiger partial charge in [-0.1, -0.05) is 71.7 Å². The van der Waals surface area contributed by atoms with E-state index in [0.29, 0.717) is 46.9 Å². The maximum absolute atomic E-state index is 13.2. The molecule has 62 heavy (non-hydrogen) atoms. The van der Waals surface area contributed by atoms with Gasteiger partial charge in [-0.2, -0.15) is 0 Å². The Morgan fingerprint density at radius 1 is 0.500 bits per heavy atom. The molecule has 4 aliphatic heterocycles. The van der Waals surface area contributed by atoms with Crippen molar-refractivity contribution >= 4 is 46.2 Å². The quantitative estimate of drug-likeness (QED) is 0.162. The van der Waals surface area contributed by atoms with E-state index in [1.165, 1.54) is 0 Å². The Morgan fingerprint density at radius 2 is 0.855 bits per heavy atom. The summed E-state index contributed by atoms with van der Waals surface area (Å²) in [5, 5.41) is 30.5. The number of halogens is 2. The first-order valence-electron chi connectivity index (χ1n) is 22.2. The molecule has 0 unspecified atom stereocenters. The number of aliphatic hydroxyl groups excluding tert-OH is 2. The van der Waals surface area contributed by atoms with E-state index in [0.717, 1.165) is 120 Å². The minimum absolute atomic E-state index is 0.0562. The summed E-state index contributed by atoms with van der Waals surface area (Å²) in [5.41, 5.74) is 9.15. The Hall–Kier alpha value is -4.60. The zero-order valence-corrected chi connectivity index (χ0v) is 37.6. The van der Waals surface area contributed by atoms with Gasteiger partial charge in [0.1, 0.15) is 11.5 Å². The minimum Gasteiger partial charge on any atom is -0.509 e. The zero-order chi connectivity index (χ0) is 43.6. The highest BCUT2D eigenvalue weighted by Crippen LogP contribution is 2.51. The maximum Gasteiger partial charge on any atom is 0.256 e. The van der Waals surface area contributed by atoms with Crippen LogP contribution >= 0.6 is 23.2 Å². The van der Waals surface area contributed by atoms with Gasteiger partial charge in [0.2, 0.25) is 0 Å². The molecule has 0 radical (unpaired) electrons. The summed E-state index contributed by atoms with van der Waals surface area (Å²) in [6.45, 7) is 9.67. The normalized spacial score (nSPS) is 28.0. The van der Waals surface area contributed by atoms with Crippen molar-refractivity contribution in [2.75, 3.05) is 13.2 Å². The molecule has 4 aromatic rings. The number of rotatable bonds is 4. The monoisotopic (exact) mass is 874 g/mol. The molecular weight excluding hydrogens is 819 g/mol. The zero-order valence-electron chi connectivity index (χ0n) is 36.1. The average Bonchev–Trinajstić information content (AvgIpc) is 4.03. The van der Waals surface area contributed by atoms with Gasteiger partial charge in [0.15, 0.2) is 0 Å². The molecule has 2 saturated carbocycles. The fourth-order valence-electron chi connectivity index (χ4n) is 11.5. The van der Waals surface area contributed by atoms with Crippen LogP contribution in [0.4, 0.5) is 0 Å². The van der Waals surface area contributed by atoms with Crippen molar-refractivity contribution in [3.8, 4) is 22.3 Å². The van der Waals surface area contributed by atoms with Crippen LogP contribution in [0.5, 0.6) is 0 Å². The predicted octanol–water partition coefficient (Wildman–Crippen LogP) is 11.8. The van der Waals surface area contributed by atoms with Crippen LogP contribution < -0.4 is 10.6 Å². The maximum atomic E-state index is 13.2. The third kappa shape index (κ3) is 7.35. The average molecular weight is 876 g/mol. The van der Waals surface area contributed by atoms with Crippen LogP contribution in [0.15, 0.2) is 84.3 Å². The van der Waals surface area contributed by atoms with E-state index >= 15 is 0 Å². The standard InChI is InChI=1S/2C26H28ClNO3/c2*1-16-4-9-20(18-5-7-19(27)8-6-18)17(2)21(16)22-23(29)26(28-24(22)30)13-11-25(12-14-26)10-3-15-31-25/h2*4-9,29H,3,10-15H2,1-2H3,(H,28,30). The molecule has 2 aliphatic carbocycles. The highest BCUT2D eigenvalue weighted by Gasteiger charge is 2.54. The lowest BCUT2D eigenvalue weighted by Gasteiger charge is -2.42. The van der Waals surface area contributed by atoms with E-state index in [-0.39, 0.29) is 34.5 Å². The van der Waals surface area contributed by atoms with Crippen molar-refractivity contribution in [3.63, 3.8) is 0 Å². The van der Waals surface area contributed by atoms with Crippen molar-refractivity contribution in [1.82, 2.24) is 10.6 Å². The molecule has 6 aliphatic rings. The molecule has 4 spiro atoms. The van der Waals surface area contributed by atoms with Crippen LogP contribution in [0.2, 0.25) is 10.0 Å². The lowest BCUT2D eigenvalue weighted by Crippen LogP contribution is -2.51. The number of carbonyl (C=O) groups excluding carboxylic acids is 2. The van der Waals surface area contributed by atoms with Gasteiger partial charge in [-0.3, -0.25) is 9.59 Å². The molecule has 0 bridgehead atoms. The van der Waals surface area contributed by atoms with Crippen LogP contribution in [0.1, 0.15) is 110 Å². The van der Waals surface area contributed by atoms with Gasteiger partial charge in [0, 0.05) is 23.3 Å². The smallest absolute Gasteiger partial charge is 0.256 e. The topological polar surface area (TPSA) is 117 Å². The highest BCUT2D eigenvalue weighted by molar-refractivity contribution is 6.31. The number of hydrogen-bond donors (Lipinski definition) is 4. The molecule has 8 nitrogen and oxygen atoms in total. The van der Waals surface area contributed by atoms with Crippen molar-refractivity contribution in [2.45, 2.75) is 127 Å². The fourth-order valence-corrected chi connectivity index (χ4v) is 11.7. The van der Waals surface area contributed by atoms with Crippen molar-refractivity contribution < 1.29 is 29.3 Å². The summed E-state index contributed by atoms with van der Waals surface area (Å²) >= 11 is 12.1. The van der Waals surface area contributed by atoms with E-state index in [9.17, 15) is 19.8 Å².